The van der Waals surface area contributed by atoms with Crippen molar-refractivity contribution in [3.05, 3.63) is 24.3 Å². The van der Waals surface area contributed by atoms with E-state index >= 15 is 0 Å². The smallest absolute Gasteiger partial charge is 0.333 e. The van der Waals surface area contributed by atoms with E-state index < -0.39 is 0 Å². The molecule has 0 spiro atoms. The fraction of sp³-hybridized carbons (Fsp3) is 0.773. The van der Waals surface area contributed by atoms with Crippen LogP contribution >= 0.6 is 0 Å². The fourth-order valence-electron chi connectivity index (χ4n) is 2.83. The molecule has 0 heterocycles. The van der Waals surface area contributed by atoms with Crippen molar-refractivity contribution in [2.45, 2.75) is 103 Å². The summed E-state index contributed by atoms with van der Waals surface area (Å²) in [4.78, 5) is 11.2. The Bertz CT molecular complexity index is 331. The van der Waals surface area contributed by atoms with Gasteiger partial charge in [0.15, 0.2) is 0 Å². The highest BCUT2D eigenvalue weighted by molar-refractivity contribution is 5.87. The lowest BCUT2D eigenvalue weighted by Crippen LogP contribution is -2.03. The van der Waals surface area contributed by atoms with Crippen LogP contribution in [0.15, 0.2) is 24.3 Å². The number of carbonyl (C=O) groups excluding carboxylic acids is 1. The number of unbranched alkanes of at least 4 members (excludes halogenated alkanes) is 12. The third-order valence-corrected chi connectivity index (χ3v) is 4.46. The second-order valence-corrected chi connectivity index (χ2v) is 6.78. The molecule has 0 aromatic carbocycles. The molecule has 0 aromatic rings. The van der Waals surface area contributed by atoms with Crippen LogP contribution in [-0.2, 0) is 9.53 Å². The van der Waals surface area contributed by atoms with Crippen molar-refractivity contribution in [2.24, 2.45) is 0 Å². The van der Waals surface area contributed by atoms with Gasteiger partial charge in [-0.3, -0.25) is 0 Å². The third kappa shape index (κ3) is 15.8. The molecule has 0 unspecified atom stereocenters. The Morgan fingerprint density at radius 1 is 0.792 bits per heavy atom. The molecule has 0 saturated heterocycles. The average molecular weight is 337 g/mol. The van der Waals surface area contributed by atoms with Gasteiger partial charge in [0, 0.05) is 5.57 Å². The highest BCUT2D eigenvalue weighted by atomic mass is 16.5. The Morgan fingerprint density at radius 3 is 1.75 bits per heavy atom. The molecule has 0 N–H and O–H groups in total. The van der Waals surface area contributed by atoms with Crippen LogP contribution in [0.4, 0.5) is 0 Å². The van der Waals surface area contributed by atoms with Crippen LogP contribution in [0, 0.1) is 0 Å². The van der Waals surface area contributed by atoms with Gasteiger partial charge in [0.1, 0.15) is 0 Å². The number of ether oxygens (including phenoxy) is 1. The summed E-state index contributed by atoms with van der Waals surface area (Å²) < 4.78 is 4.65. The SMILES string of the molecule is C=C(CCCCCCCC/C=C\CCCCCCCC)C(=O)OC. The second kappa shape index (κ2) is 18.3. The molecular weight excluding hydrogens is 296 g/mol. The highest BCUT2D eigenvalue weighted by Crippen LogP contribution is 2.13. The van der Waals surface area contributed by atoms with Gasteiger partial charge in [0.05, 0.1) is 7.11 Å². The number of hydrogen-bond acceptors (Lipinski definition) is 2. The minimum atomic E-state index is -0.261. The summed E-state index contributed by atoms with van der Waals surface area (Å²) in [5, 5.41) is 0. The van der Waals surface area contributed by atoms with E-state index in [1.54, 1.807) is 0 Å². The van der Waals surface area contributed by atoms with Gasteiger partial charge < -0.3 is 4.74 Å². The van der Waals surface area contributed by atoms with Crippen molar-refractivity contribution in [3.63, 3.8) is 0 Å². The molecule has 2 heteroatoms. The Hall–Kier alpha value is -1.05. The van der Waals surface area contributed by atoms with E-state index in [2.05, 4.69) is 30.4 Å². The molecule has 0 bridgehead atoms. The summed E-state index contributed by atoms with van der Waals surface area (Å²) in [7, 11) is 1.41. The van der Waals surface area contributed by atoms with E-state index in [9.17, 15) is 4.79 Å². The molecule has 0 amide bonds. The predicted octanol–water partition coefficient (Wildman–Crippen LogP) is 7.14. The molecule has 0 aliphatic carbocycles. The van der Waals surface area contributed by atoms with Crippen molar-refractivity contribution < 1.29 is 9.53 Å². The van der Waals surface area contributed by atoms with Crippen LogP contribution in [0.25, 0.3) is 0 Å². The first-order chi connectivity index (χ1) is 11.7. The van der Waals surface area contributed by atoms with Crippen molar-refractivity contribution in [3.8, 4) is 0 Å². The second-order valence-electron chi connectivity index (χ2n) is 6.78. The summed E-state index contributed by atoms with van der Waals surface area (Å²) in [5.74, 6) is -0.261. The van der Waals surface area contributed by atoms with E-state index in [-0.39, 0.29) is 5.97 Å². The number of methoxy groups -OCH3 is 1. The topological polar surface area (TPSA) is 26.3 Å². The minimum Gasteiger partial charge on any atom is -0.466 e. The summed E-state index contributed by atoms with van der Waals surface area (Å²) in [6.07, 6.45) is 23.7. The van der Waals surface area contributed by atoms with Crippen LogP contribution in [0.5, 0.6) is 0 Å². The van der Waals surface area contributed by atoms with Gasteiger partial charge in [-0.15, -0.1) is 0 Å². The minimum absolute atomic E-state index is 0.261. The molecule has 0 aliphatic heterocycles. The zero-order valence-electron chi connectivity index (χ0n) is 16.3. The number of rotatable bonds is 17. The number of allylic oxidation sites excluding steroid dienone is 2. The summed E-state index contributed by atoms with van der Waals surface area (Å²) in [5.41, 5.74) is 0.605. The quantitative estimate of drug-likeness (QED) is 0.122. The Labute approximate surface area is 150 Å². The third-order valence-electron chi connectivity index (χ3n) is 4.46. The predicted molar refractivity (Wildman–Crippen MR) is 105 cm³/mol. The van der Waals surface area contributed by atoms with E-state index in [0.29, 0.717) is 5.57 Å². The Balaban J connectivity index is 3.21. The van der Waals surface area contributed by atoms with Crippen LogP contribution in [-0.4, -0.2) is 13.1 Å². The Morgan fingerprint density at radius 2 is 1.25 bits per heavy atom. The average Bonchev–Trinajstić information content (AvgIpc) is 2.60. The van der Waals surface area contributed by atoms with Gasteiger partial charge in [-0.25, -0.2) is 4.79 Å². The van der Waals surface area contributed by atoms with Crippen LogP contribution in [0.1, 0.15) is 103 Å². The zero-order valence-corrected chi connectivity index (χ0v) is 16.3. The van der Waals surface area contributed by atoms with Crippen LogP contribution < -0.4 is 0 Å². The van der Waals surface area contributed by atoms with Gasteiger partial charge in [0.25, 0.3) is 0 Å². The first-order valence-electron chi connectivity index (χ1n) is 10.1. The molecule has 0 aromatic heterocycles. The largest absolute Gasteiger partial charge is 0.466 e. The summed E-state index contributed by atoms with van der Waals surface area (Å²) in [6, 6.07) is 0. The highest BCUT2D eigenvalue weighted by Gasteiger charge is 2.05. The monoisotopic (exact) mass is 336 g/mol. The summed E-state index contributed by atoms with van der Waals surface area (Å²) in [6.45, 7) is 6.02. The lowest BCUT2D eigenvalue weighted by Gasteiger charge is -2.03. The number of hydrogen-bond donors (Lipinski definition) is 0. The molecule has 140 valence electrons. The molecule has 0 radical (unpaired) electrons. The maximum atomic E-state index is 11.2. The fourth-order valence-corrected chi connectivity index (χ4v) is 2.83. The van der Waals surface area contributed by atoms with Crippen molar-refractivity contribution in [1.82, 2.24) is 0 Å². The molecular formula is C22H40O2. The first-order valence-corrected chi connectivity index (χ1v) is 10.1. The van der Waals surface area contributed by atoms with Gasteiger partial charge >= 0.3 is 5.97 Å². The zero-order chi connectivity index (χ0) is 17.9. The number of esters is 1. The normalized spacial score (nSPS) is 11.1. The standard InChI is InChI=1S/C22H40O2/c1-4-5-6-7-8-9-10-11-12-13-14-15-16-17-18-19-20-21(2)22(23)24-3/h11-12H,2,4-10,13-20H2,1,3H3/b12-11-. The lowest BCUT2D eigenvalue weighted by molar-refractivity contribution is -0.136. The molecule has 24 heavy (non-hydrogen) atoms. The van der Waals surface area contributed by atoms with E-state index in [1.165, 1.54) is 90.6 Å². The van der Waals surface area contributed by atoms with Gasteiger partial charge in [-0.2, -0.15) is 0 Å². The maximum absolute atomic E-state index is 11.2. The molecule has 0 fully saturated rings. The first kappa shape index (κ1) is 22.9. The molecule has 0 aliphatic rings. The Kier molecular flexibility index (Phi) is 17.5. The van der Waals surface area contributed by atoms with Gasteiger partial charge in [-0.1, -0.05) is 83.4 Å². The number of carbonyl (C=O) groups is 1. The van der Waals surface area contributed by atoms with Gasteiger partial charge in [0.2, 0.25) is 0 Å². The lowest BCUT2D eigenvalue weighted by atomic mass is 10.1. The molecule has 0 saturated carbocycles. The molecule has 0 atom stereocenters. The van der Waals surface area contributed by atoms with Gasteiger partial charge in [-0.05, 0) is 38.5 Å². The molecule has 2 nitrogen and oxygen atoms in total. The van der Waals surface area contributed by atoms with Crippen LogP contribution in [0.2, 0.25) is 0 Å². The van der Waals surface area contributed by atoms with Crippen molar-refractivity contribution in [2.75, 3.05) is 7.11 Å². The van der Waals surface area contributed by atoms with E-state index in [0.717, 1.165) is 12.8 Å². The van der Waals surface area contributed by atoms with Crippen LogP contribution in [0.3, 0.4) is 0 Å². The van der Waals surface area contributed by atoms with E-state index in [4.69, 9.17) is 0 Å². The van der Waals surface area contributed by atoms with Crippen molar-refractivity contribution >= 4 is 5.97 Å². The van der Waals surface area contributed by atoms with E-state index in [1.807, 2.05) is 0 Å². The maximum Gasteiger partial charge on any atom is 0.333 e. The molecule has 0 rings (SSSR count). The summed E-state index contributed by atoms with van der Waals surface area (Å²) >= 11 is 0. The van der Waals surface area contributed by atoms with Crippen molar-refractivity contribution in [1.29, 1.82) is 0 Å².